The number of aromatic nitrogens is 3. The lowest BCUT2D eigenvalue weighted by Crippen LogP contribution is -2.37. The predicted octanol–water partition coefficient (Wildman–Crippen LogP) is 2.37. The Morgan fingerprint density at radius 2 is 1.88 bits per heavy atom. The first kappa shape index (κ1) is 16.4. The number of pyridine rings is 1. The molecule has 3 aromatic rings. The summed E-state index contributed by atoms with van der Waals surface area (Å²) >= 11 is 1.37. The largest absolute Gasteiger partial charge is 0.332 e. The SMILES string of the molecule is Cc1cnc2c(c1SCc1ccccc1F)c(=O)n(C)c(=O)n2C. The van der Waals surface area contributed by atoms with Crippen LogP contribution in [0.15, 0.2) is 44.9 Å². The van der Waals surface area contributed by atoms with Crippen molar-refractivity contribution in [1.82, 2.24) is 14.1 Å². The van der Waals surface area contributed by atoms with Crippen LogP contribution in [-0.2, 0) is 19.8 Å². The van der Waals surface area contributed by atoms with Gasteiger partial charge in [0.2, 0.25) is 0 Å². The molecular formula is C17H16FN3O2S. The van der Waals surface area contributed by atoms with Crippen LogP contribution >= 0.6 is 11.8 Å². The molecule has 0 aliphatic heterocycles. The number of nitrogens with zero attached hydrogens (tertiary/aromatic N) is 3. The lowest BCUT2D eigenvalue weighted by molar-refractivity contribution is 0.617. The summed E-state index contributed by atoms with van der Waals surface area (Å²) < 4.78 is 16.2. The Morgan fingerprint density at radius 3 is 2.58 bits per heavy atom. The van der Waals surface area contributed by atoms with Crippen molar-refractivity contribution < 1.29 is 4.39 Å². The zero-order valence-electron chi connectivity index (χ0n) is 13.5. The van der Waals surface area contributed by atoms with E-state index in [-0.39, 0.29) is 11.4 Å². The molecule has 0 N–H and O–H groups in total. The highest BCUT2D eigenvalue weighted by molar-refractivity contribution is 7.98. The number of thioether (sulfide) groups is 1. The maximum atomic E-state index is 13.8. The molecule has 2 aromatic heterocycles. The van der Waals surface area contributed by atoms with Crippen LogP contribution in [0.2, 0.25) is 0 Å². The number of hydrogen-bond donors (Lipinski definition) is 0. The van der Waals surface area contributed by atoms with Crippen molar-refractivity contribution in [1.29, 1.82) is 0 Å². The zero-order chi connectivity index (χ0) is 17.4. The third-order valence-corrected chi connectivity index (χ3v) is 5.20. The molecule has 0 atom stereocenters. The third kappa shape index (κ3) is 2.65. The molecule has 0 spiro atoms. The molecule has 0 unspecified atom stereocenters. The maximum Gasteiger partial charge on any atom is 0.332 e. The van der Waals surface area contributed by atoms with Crippen LogP contribution in [0.4, 0.5) is 4.39 Å². The van der Waals surface area contributed by atoms with Gasteiger partial charge in [0.15, 0.2) is 0 Å². The average Bonchev–Trinajstić information content (AvgIpc) is 2.58. The van der Waals surface area contributed by atoms with E-state index in [4.69, 9.17) is 0 Å². The van der Waals surface area contributed by atoms with Gasteiger partial charge in [-0.3, -0.25) is 13.9 Å². The fourth-order valence-electron chi connectivity index (χ4n) is 2.55. The molecule has 1 aromatic carbocycles. The van der Waals surface area contributed by atoms with Crippen LogP contribution in [0.3, 0.4) is 0 Å². The van der Waals surface area contributed by atoms with E-state index in [2.05, 4.69) is 4.98 Å². The maximum absolute atomic E-state index is 13.8. The normalized spacial score (nSPS) is 11.2. The summed E-state index contributed by atoms with van der Waals surface area (Å²) in [7, 11) is 3.02. The molecule has 5 nitrogen and oxygen atoms in total. The molecule has 0 saturated heterocycles. The Morgan fingerprint density at radius 1 is 1.17 bits per heavy atom. The Kier molecular flexibility index (Phi) is 4.28. The van der Waals surface area contributed by atoms with E-state index in [1.165, 1.54) is 29.4 Å². The number of rotatable bonds is 3. The van der Waals surface area contributed by atoms with E-state index in [9.17, 15) is 14.0 Å². The van der Waals surface area contributed by atoms with Gasteiger partial charge in [0.1, 0.15) is 11.5 Å². The van der Waals surface area contributed by atoms with Crippen LogP contribution in [0.5, 0.6) is 0 Å². The second kappa shape index (κ2) is 6.24. The van der Waals surface area contributed by atoms with Crippen LogP contribution < -0.4 is 11.2 Å². The Balaban J connectivity index is 2.17. The van der Waals surface area contributed by atoms with E-state index in [1.54, 1.807) is 31.4 Å². The van der Waals surface area contributed by atoms with Gasteiger partial charge < -0.3 is 0 Å². The van der Waals surface area contributed by atoms with Gasteiger partial charge in [-0.05, 0) is 24.1 Å². The summed E-state index contributed by atoms with van der Waals surface area (Å²) in [5, 5.41) is 0.390. The second-order valence-electron chi connectivity index (χ2n) is 5.55. The van der Waals surface area contributed by atoms with Gasteiger partial charge in [-0.25, -0.2) is 14.2 Å². The van der Waals surface area contributed by atoms with Crippen molar-refractivity contribution in [3.8, 4) is 0 Å². The molecule has 0 saturated carbocycles. The summed E-state index contributed by atoms with van der Waals surface area (Å²) in [6, 6.07) is 6.55. The first-order chi connectivity index (χ1) is 11.4. The van der Waals surface area contributed by atoms with Crippen molar-refractivity contribution in [2.75, 3.05) is 0 Å². The number of benzene rings is 1. The molecule has 24 heavy (non-hydrogen) atoms. The van der Waals surface area contributed by atoms with Crippen molar-refractivity contribution in [2.45, 2.75) is 17.6 Å². The minimum absolute atomic E-state index is 0.277. The number of fused-ring (bicyclic) bond motifs is 1. The highest BCUT2D eigenvalue weighted by atomic mass is 32.2. The van der Waals surface area contributed by atoms with E-state index < -0.39 is 5.69 Å². The van der Waals surface area contributed by atoms with Gasteiger partial charge in [-0.2, -0.15) is 0 Å². The van der Waals surface area contributed by atoms with Gasteiger partial charge in [0, 0.05) is 30.9 Å². The third-order valence-electron chi connectivity index (χ3n) is 3.93. The average molecular weight is 345 g/mol. The molecular weight excluding hydrogens is 329 g/mol. The van der Waals surface area contributed by atoms with Crippen LogP contribution in [0.25, 0.3) is 11.0 Å². The zero-order valence-corrected chi connectivity index (χ0v) is 14.4. The quantitative estimate of drug-likeness (QED) is 0.684. The molecule has 0 fully saturated rings. The topological polar surface area (TPSA) is 56.9 Å². The second-order valence-corrected chi connectivity index (χ2v) is 6.54. The van der Waals surface area contributed by atoms with Gasteiger partial charge in [-0.15, -0.1) is 11.8 Å². The molecule has 0 aliphatic rings. The van der Waals surface area contributed by atoms with Crippen molar-refractivity contribution in [3.05, 3.63) is 68.2 Å². The highest BCUT2D eigenvalue weighted by Crippen LogP contribution is 2.30. The molecule has 3 rings (SSSR count). The van der Waals surface area contributed by atoms with Crippen LogP contribution in [-0.4, -0.2) is 14.1 Å². The van der Waals surface area contributed by atoms with E-state index >= 15 is 0 Å². The summed E-state index contributed by atoms with van der Waals surface area (Å²) in [4.78, 5) is 29.6. The lowest BCUT2D eigenvalue weighted by Gasteiger charge is -2.12. The number of aryl methyl sites for hydroxylation is 2. The van der Waals surface area contributed by atoms with Crippen molar-refractivity contribution in [3.63, 3.8) is 0 Å². The van der Waals surface area contributed by atoms with E-state index in [0.29, 0.717) is 22.3 Å². The summed E-state index contributed by atoms with van der Waals surface area (Å²) in [5.41, 5.74) is 0.909. The fraction of sp³-hybridized carbons (Fsp3) is 0.235. The van der Waals surface area contributed by atoms with Gasteiger partial charge in [-0.1, -0.05) is 18.2 Å². The monoisotopic (exact) mass is 345 g/mol. The van der Waals surface area contributed by atoms with Crippen molar-refractivity contribution >= 4 is 22.8 Å². The smallest absolute Gasteiger partial charge is 0.280 e. The molecule has 0 radical (unpaired) electrons. The number of halogens is 1. The first-order valence-corrected chi connectivity index (χ1v) is 8.32. The molecule has 0 bridgehead atoms. The number of hydrogen-bond acceptors (Lipinski definition) is 4. The fourth-order valence-corrected chi connectivity index (χ4v) is 3.69. The first-order valence-electron chi connectivity index (χ1n) is 7.33. The molecule has 124 valence electrons. The summed E-state index contributed by atoms with van der Waals surface area (Å²) in [5.74, 6) is 0.111. The Hall–Kier alpha value is -2.41. The van der Waals surface area contributed by atoms with Crippen LogP contribution in [0.1, 0.15) is 11.1 Å². The lowest BCUT2D eigenvalue weighted by atomic mass is 10.2. The minimum atomic E-state index is -0.422. The standard InChI is InChI=1S/C17H16FN3O2S/c1-10-8-19-15-13(16(22)21(3)17(23)20(15)2)14(10)24-9-11-6-4-5-7-12(11)18/h4-8H,9H2,1-3H3. The highest BCUT2D eigenvalue weighted by Gasteiger charge is 2.16. The molecule has 0 amide bonds. The molecule has 0 aliphatic carbocycles. The van der Waals surface area contributed by atoms with E-state index in [0.717, 1.165) is 15.0 Å². The van der Waals surface area contributed by atoms with Gasteiger partial charge in [0.05, 0.1) is 5.39 Å². The van der Waals surface area contributed by atoms with Crippen molar-refractivity contribution in [2.24, 2.45) is 14.1 Å². The van der Waals surface area contributed by atoms with Gasteiger partial charge >= 0.3 is 5.69 Å². The van der Waals surface area contributed by atoms with Crippen LogP contribution in [0, 0.1) is 12.7 Å². The Bertz CT molecular complexity index is 1060. The Labute approximate surface area is 141 Å². The molecule has 2 heterocycles. The van der Waals surface area contributed by atoms with Gasteiger partial charge in [0.25, 0.3) is 5.56 Å². The molecule has 7 heteroatoms. The van der Waals surface area contributed by atoms with E-state index in [1.807, 2.05) is 6.92 Å². The summed E-state index contributed by atoms with van der Waals surface area (Å²) in [6.07, 6.45) is 1.63. The minimum Gasteiger partial charge on any atom is -0.280 e. The predicted molar refractivity (Wildman–Crippen MR) is 92.9 cm³/mol. The summed E-state index contributed by atoms with van der Waals surface area (Å²) in [6.45, 7) is 1.85.